The van der Waals surface area contributed by atoms with Gasteiger partial charge in [0, 0.05) is 69.4 Å². The van der Waals surface area contributed by atoms with Gasteiger partial charge in [-0.1, -0.05) is 79.1 Å². The number of rotatable bonds is 16. The average molecular weight is 958 g/mol. The SMILES string of the molecule is CC(C)[C@H](CC(=O)C1(NC(=O)[C@@H]2CCCO2)CCCCC1)[C@H](O)C(=O)C[C@H]1CCCCNC1=O.CC(C)[C@H](N)[C@H](O)C(=O)C[C@H]1CCCCNC1=O.O=C1OC([C@@H]2CCCO2)=NC12CCCCC2. The van der Waals surface area contributed by atoms with Gasteiger partial charge >= 0.3 is 5.97 Å². The Balaban J connectivity index is 0.000000212. The molecule has 0 aromatic carbocycles. The van der Waals surface area contributed by atoms with E-state index >= 15 is 0 Å². The number of aliphatic hydroxyl groups is 2. The zero-order valence-electron chi connectivity index (χ0n) is 41.4. The van der Waals surface area contributed by atoms with Gasteiger partial charge in [-0.2, -0.15) is 0 Å². The van der Waals surface area contributed by atoms with Crippen molar-refractivity contribution in [1.29, 1.82) is 0 Å². The smallest absolute Gasteiger partial charge is 0.340 e. The molecule has 6 fully saturated rings. The molecule has 0 unspecified atom stereocenters. The maximum absolute atomic E-state index is 13.7. The predicted octanol–water partition coefficient (Wildman–Crippen LogP) is 4.48. The van der Waals surface area contributed by atoms with Crippen LogP contribution >= 0.6 is 0 Å². The van der Waals surface area contributed by atoms with Crippen LogP contribution in [-0.2, 0) is 47.8 Å². The lowest BCUT2D eigenvalue weighted by molar-refractivity contribution is -0.141. The minimum atomic E-state index is -1.31. The van der Waals surface area contributed by atoms with Crippen LogP contribution in [0.2, 0.25) is 0 Å². The highest BCUT2D eigenvalue weighted by molar-refractivity contribution is 6.02. The van der Waals surface area contributed by atoms with Crippen molar-refractivity contribution < 1.29 is 58.0 Å². The molecule has 5 heterocycles. The second kappa shape index (κ2) is 26.5. The van der Waals surface area contributed by atoms with Crippen LogP contribution in [0, 0.1) is 29.6 Å². The zero-order valence-corrected chi connectivity index (χ0v) is 41.4. The van der Waals surface area contributed by atoms with Gasteiger partial charge in [0.25, 0.3) is 0 Å². The largest absolute Gasteiger partial charge is 0.407 e. The molecule has 3 amide bonds. The Morgan fingerprint density at radius 2 is 1.24 bits per heavy atom. The summed E-state index contributed by atoms with van der Waals surface area (Å²) in [5.41, 5.74) is 4.26. The topological polar surface area (TPSA) is 262 Å². The molecule has 0 aromatic heterocycles. The van der Waals surface area contributed by atoms with Crippen molar-refractivity contribution in [3.8, 4) is 0 Å². The van der Waals surface area contributed by atoms with Crippen molar-refractivity contribution in [1.82, 2.24) is 16.0 Å². The minimum absolute atomic E-state index is 0.00862. The van der Waals surface area contributed by atoms with E-state index in [9.17, 15) is 43.8 Å². The third-order valence-corrected chi connectivity index (χ3v) is 15.3. The maximum Gasteiger partial charge on any atom is 0.340 e. The van der Waals surface area contributed by atoms with Gasteiger partial charge < -0.3 is 46.1 Å². The monoisotopic (exact) mass is 958 g/mol. The number of hydrogen-bond donors (Lipinski definition) is 6. The highest BCUT2D eigenvalue weighted by Crippen LogP contribution is 2.38. The van der Waals surface area contributed by atoms with Crippen molar-refractivity contribution in [2.75, 3.05) is 26.3 Å². The molecule has 7 rings (SSSR count). The average Bonchev–Trinajstić information content (AvgIpc) is 4.08. The molecule has 4 saturated heterocycles. The number of cyclic esters (lactones) is 1. The summed E-state index contributed by atoms with van der Waals surface area (Å²) in [6, 6.07) is -0.564. The summed E-state index contributed by atoms with van der Waals surface area (Å²) in [5, 5.41) is 29.5. The molecule has 1 spiro atoms. The summed E-state index contributed by atoms with van der Waals surface area (Å²) in [6.07, 6.45) is 14.4. The molecule has 7 aliphatic rings. The fraction of sp³-hybridized carbons (Fsp3) is 0.843. The van der Waals surface area contributed by atoms with Crippen LogP contribution in [0.5, 0.6) is 0 Å². The summed E-state index contributed by atoms with van der Waals surface area (Å²) in [6.45, 7) is 10.1. The molecule has 0 bridgehead atoms. The van der Waals surface area contributed by atoms with Gasteiger partial charge in [-0.25, -0.2) is 9.79 Å². The number of aliphatic imine (C=N–C) groups is 1. The highest BCUT2D eigenvalue weighted by Gasteiger charge is 2.49. The van der Waals surface area contributed by atoms with Crippen molar-refractivity contribution in [3.05, 3.63) is 0 Å². The van der Waals surface area contributed by atoms with Crippen molar-refractivity contribution >= 4 is 46.9 Å². The summed E-state index contributed by atoms with van der Waals surface area (Å²) >= 11 is 0. The Kier molecular flexibility index (Phi) is 21.6. The van der Waals surface area contributed by atoms with Gasteiger partial charge in [-0.05, 0) is 88.9 Å². The standard InChI is InChI=1S/C26H42N2O6.C13H24N2O3.C12H17NO3/c1-17(2)19(23(31)20(29)15-18-9-4-7-13-27-24(18)32)16-22(30)26(11-5-3-6-12-26)28-25(33)21-10-8-14-34-21;1-8(2)11(14)12(17)10(16)7-9-5-3-4-6-15-13(9)18;14-11-12(6-2-1-3-7-12)13-10(16-11)9-5-4-8-15-9/h17-19,21,23,31H,3-16H2,1-2H3,(H,27,32)(H,28,33);8-9,11-12,17H,3-7,14H2,1-2H3,(H,15,18);9H,1-8H2/t18-,19+,21+,23+;9-,11+,12-;9-/m110/s1. The molecule has 5 aliphatic heterocycles. The molecule has 8 atom stereocenters. The zero-order chi connectivity index (χ0) is 49.4. The van der Waals surface area contributed by atoms with Gasteiger partial charge in [0.15, 0.2) is 22.9 Å². The quantitative estimate of drug-likeness (QED) is 0.117. The number of aliphatic hydroxyl groups excluding tert-OH is 2. The van der Waals surface area contributed by atoms with Crippen LogP contribution in [-0.4, -0.2) is 125 Å². The molecular weight excluding hydrogens is 875 g/mol. The summed E-state index contributed by atoms with van der Waals surface area (Å²) < 4.78 is 16.4. The number of carbonyl (C=O) groups excluding carboxylic acids is 7. The Morgan fingerprint density at radius 1 is 0.691 bits per heavy atom. The maximum atomic E-state index is 13.7. The van der Waals surface area contributed by atoms with E-state index in [0.717, 1.165) is 96.5 Å². The lowest BCUT2D eigenvalue weighted by atomic mass is 9.73. The number of ketones is 3. The van der Waals surface area contributed by atoms with E-state index in [2.05, 4.69) is 20.9 Å². The normalized spacial score (nSPS) is 27.6. The Labute approximate surface area is 403 Å². The van der Waals surface area contributed by atoms with Gasteiger partial charge in [-0.3, -0.25) is 28.8 Å². The second-order valence-corrected chi connectivity index (χ2v) is 21.1. The van der Waals surface area contributed by atoms with Crippen molar-refractivity contribution in [3.63, 3.8) is 0 Å². The molecule has 68 heavy (non-hydrogen) atoms. The minimum Gasteiger partial charge on any atom is -0.407 e. The fourth-order valence-electron chi connectivity index (χ4n) is 10.6. The van der Waals surface area contributed by atoms with Gasteiger partial charge in [0.1, 0.15) is 24.4 Å². The van der Waals surface area contributed by atoms with Crippen LogP contribution in [0.4, 0.5) is 0 Å². The van der Waals surface area contributed by atoms with Gasteiger partial charge in [0.05, 0.1) is 5.54 Å². The molecule has 7 N–H and O–H groups in total. The number of Topliss-reactive ketones (excluding diaryl/α,β-unsaturated/α-hetero) is 3. The number of nitrogens with one attached hydrogen (secondary N) is 3. The van der Waals surface area contributed by atoms with E-state index in [1.165, 1.54) is 6.42 Å². The van der Waals surface area contributed by atoms with Gasteiger partial charge in [0.2, 0.25) is 23.6 Å². The molecule has 17 nitrogen and oxygen atoms in total. The fourth-order valence-corrected chi connectivity index (χ4v) is 10.6. The predicted molar refractivity (Wildman–Crippen MR) is 254 cm³/mol. The molecule has 2 saturated carbocycles. The van der Waals surface area contributed by atoms with Crippen LogP contribution < -0.4 is 21.7 Å². The first kappa shape index (κ1) is 55.3. The van der Waals surface area contributed by atoms with E-state index in [4.69, 9.17) is 19.9 Å². The Bertz CT molecular complexity index is 1750. The molecule has 0 aromatic rings. The summed E-state index contributed by atoms with van der Waals surface area (Å²) in [4.78, 5) is 91.8. The molecular formula is C51H83N5O12. The third kappa shape index (κ3) is 15.2. The van der Waals surface area contributed by atoms with Crippen molar-refractivity contribution in [2.45, 2.75) is 217 Å². The number of nitrogens with zero attached hydrogens (tertiary/aromatic N) is 1. The van der Waals surface area contributed by atoms with Crippen LogP contribution in [0.25, 0.3) is 0 Å². The summed E-state index contributed by atoms with van der Waals surface area (Å²) in [7, 11) is 0. The summed E-state index contributed by atoms with van der Waals surface area (Å²) in [5.74, 6) is -2.23. The van der Waals surface area contributed by atoms with Gasteiger partial charge in [-0.15, -0.1) is 0 Å². The molecule has 2 aliphatic carbocycles. The van der Waals surface area contributed by atoms with Crippen molar-refractivity contribution in [2.24, 2.45) is 40.3 Å². The number of carbonyl (C=O) groups is 7. The molecule has 17 heteroatoms. The van der Waals surface area contributed by atoms with E-state index < -0.39 is 47.3 Å². The second-order valence-electron chi connectivity index (χ2n) is 21.1. The van der Waals surface area contributed by atoms with Crippen LogP contribution in [0.15, 0.2) is 4.99 Å². The Hall–Kier alpha value is -3.64. The van der Waals surface area contributed by atoms with E-state index in [-0.39, 0.29) is 84.2 Å². The lowest BCUT2D eigenvalue weighted by Gasteiger charge is -2.39. The number of esters is 1. The number of ether oxygens (including phenoxy) is 3. The van der Waals surface area contributed by atoms with E-state index in [1.807, 2.05) is 27.7 Å². The van der Waals surface area contributed by atoms with Crippen LogP contribution in [0.3, 0.4) is 0 Å². The third-order valence-electron chi connectivity index (χ3n) is 15.3. The lowest BCUT2D eigenvalue weighted by Crippen LogP contribution is -2.58. The molecule has 384 valence electrons. The first-order valence-electron chi connectivity index (χ1n) is 26.1. The molecule has 0 radical (unpaired) electrons. The number of nitrogens with two attached hydrogens (primary N) is 1. The Morgan fingerprint density at radius 3 is 1.75 bits per heavy atom. The van der Waals surface area contributed by atoms with E-state index in [1.54, 1.807) is 0 Å². The highest BCUT2D eigenvalue weighted by atomic mass is 16.6. The van der Waals surface area contributed by atoms with Crippen LogP contribution in [0.1, 0.15) is 175 Å². The van der Waals surface area contributed by atoms with E-state index in [0.29, 0.717) is 57.7 Å². The number of amides is 3. The first-order valence-corrected chi connectivity index (χ1v) is 26.1. The number of hydrogen-bond acceptors (Lipinski definition) is 14. The first-order chi connectivity index (χ1) is 32.5.